The van der Waals surface area contributed by atoms with Gasteiger partial charge in [-0.25, -0.2) is 0 Å². The molecular formula is C12H13OPS. The van der Waals surface area contributed by atoms with Gasteiger partial charge in [-0.15, -0.1) is 11.8 Å². The molecule has 1 aromatic carbocycles. The molecule has 1 aromatic rings. The van der Waals surface area contributed by atoms with E-state index in [1.54, 1.807) is 0 Å². The van der Waals surface area contributed by atoms with Crippen molar-refractivity contribution in [3.63, 3.8) is 0 Å². The topological polar surface area (TPSA) is 17.1 Å². The maximum absolute atomic E-state index is 12.3. The molecule has 1 nitrogen and oxygen atoms in total. The van der Waals surface area contributed by atoms with Gasteiger partial charge in [0.1, 0.15) is 0 Å². The van der Waals surface area contributed by atoms with E-state index >= 15 is 0 Å². The Morgan fingerprint density at radius 3 is 3.07 bits per heavy atom. The van der Waals surface area contributed by atoms with Crippen LogP contribution in [0.2, 0.25) is 0 Å². The van der Waals surface area contributed by atoms with Gasteiger partial charge in [0.15, 0.2) is 0 Å². The van der Waals surface area contributed by atoms with E-state index in [9.17, 15) is 4.57 Å². The van der Waals surface area contributed by atoms with Crippen molar-refractivity contribution in [3.05, 3.63) is 35.9 Å². The van der Waals surface area contributed by atoms with Gasteiger partial charge in [-0.2, -0.15) is 0 Å². The van der Waals surface area contributed by atoms with Crippen LogP contribution in [0.1, 0.15) is 5.56 Å². The Kier molecular flexibility index (Phi) is 2.12. The zero-order chi connectivity index (χ0) is 10.5. The molecule has 0 unspecified atom stereocenters. The summed E-state index contributed by atoms with van der Waals surface area (Å²) in [6, 6.07) is 8.47. The fourth-order valence-electron chi connectivity index (χ4n) is 2.37. The minimum Gasteiger partial charge on any atom is -0.323 e. The highest BCUT2D eigenvalue weighted by Crippen LogP contribution is 2.60. The first-order valence-electron chi connectivity index (χ1n) is 5.17. The van der Waals surface area contributed by atoms with Gasteiger partial charge in [0, 0.05) is 22.5 Å². The molecule has 2 aliphatic rings. The molecule has 78 valence electrons. The lowest BCUT2D eigenvalue weighted by Crippen LogP contribution is -2.14. The summed E-state index contributed by atoms with van der Waals surface area (Å²) in [6.07, 6.45) is 2.99. The number of fused-ring (bicyclic) bond motifs is 3. The Bertz CT molecular complexity index is 492. The second kappa shape index (κ2) is 3.26. The second-order valence-corrected chi connectivity index (χ2v) is 8.74. The SMILES string of the molecule is C[P@]1(=O)CC=C2c3ccccc3SC[C@H]21. The van der Waals surface area contributed by atoms with E-state index in [4.69, 9.17) is 0 Å². The average Bonchev–Trinajstić information content (AvgIpc) is 2.55. The van der Waals surface area contributed by atoms with E-state index in [2.05, 4.69) is 30.3 Å². The molecule has 3 heteroatoms. The third-order valence-electron chi connectivity index (χ3n) is 3.29. The normalized spacial score (nSPS) is 33.1. The molecule has 0 bridgehead atoms. The number of hydrogen-bond donors (Lipinski definition) is 0. The summed E-state index contributed by atoms with van der Waals surface area (Å²) in [6.45, 7) is 1.95. The van der Waals surface area contributed by atoms with Crippen LogP contribution in [0, 0.1) is 0 Å². The van der Waals surface area contributed by atoms with Crippen LogP contribution in [0.25, 0.3) is 5.57 Å². The predicted molar refractivity (Wildman–Crippen MR) is 67.3 cm³/mol. The van der Waals surface area contributed by atoms with Crippen molar-refractivity contribution in [1.82, 2.24) is 0 Å². The van der Waals surface area contributed by atoms with Crippen LogP contribution in [0.3, 0.4) is 0 Å². The fraction of sp³-hybridized carbons (Fsp3) is 0.333. The van der Waals surface area contributed by atoms with Gasteiger partial charge in [0.05, 0.1) is 7.14 Å². The Balaban J connectivity index is 2.14. The molecule has 2 heterocycles. The Morgan fingerprint density at radius 1 is 1.40 bits per heavy atom. The zero-order valence-corrected chi connectivity index (χ0v) is 10.4. The van der Waals surface area contributed by atoms with Gasteiger partial charge in [0.25, 0.3) is 0 Å². The van der Waals surface area contributed by atoms with Crippen molar-refractivity contribution in [2.45, 2.75) is 10.6 Å². The quantitative estimate of drug-likeness (QED) is 0.641. The highest BCUT2D eigenvalue weighted by molar-refractivity contribution is 8.00. The molecule has 0 N–H and O–H groups in total. The molecule has 3 rings (SSSR count). The molecule has 0 radical (unpaired) electrons. The standard InChI is InChI=1S/C12H13OPS/c1-14(13)7-6-9-10-4-2-3-5-12(10)15-8-11(9)14/h2-6,11H,7-8H2,1H3/t11-,14+/m1/s1. The lowest BCUT2D eigenvalue weighted by Gasteiger charge is -2.26. The lowest BCUT2D eigenvalue weighted by molar-refractivity contribution is 0.579. The molecule has 0 saturated carbocycles. The molecule has 0 amide bonds. The highest BCUT2D eigenvalue weighted by Gasteiger charge is 2.39. The van der Waals surface area contributed by atoms with Gasteiger partial charge in [-0.1, -0.05) is 24.3 Å². The summed E-state index contributed by atoms with van der Waals surface area (Å²) in [5.74, 6) is 0.997. The maximum atomic E-state index is 12.3. The van der Waals surface area contributed by atoms with Gasteiger partial charge < -0.3 is 4.57 Å². The van der Waals surface area contributed by atoms with Crippen LogP contribution in [-0.4, -0.2) is 24.2 Å². The molecule has 0 saturated heterocycles. The Morgan fingerprint density at radius 2 is 2.20 bits per heavy atom. The van der Waals surface area contributed by atoms with Gasteiger partial charge in [0.2, 0.25) is 0 Å². The Hall–Kier alpha value is -0.460. The first-order chi connectivity index (χ1) is 7.18. The van der Waals surface area contributed by atoms with E-state index in [1.165, 1.54) is 16.0 Å². The minimum absolute atomic E-state index is 0.317. The molecule has 0 aromatic heterocycles. The Labute approximate surface area is 94.3 Å². The third-order valence-corrected chi connectivity index (χ3v) is 7.39. The maximum Gasteiger partial charge on any atom is 0.0963 e. The van der Waals surface area contributed by atoms with Gasteiger partial charge in [-0.05, 0) is 23.9 Å². The molecule has 0 spiro atoms. The molecule has 2 aliphatic heterocycles. The second-order valence-electron chi connectivity index (χ2n) is 4.34. The zero-order valence-electron chi connectivity index (χ0n) is 8.64. The minimum atomic E-state index is -1.94. The van der Waals surface area contributed by atoms with E-state index in [0.29, 0.717) is 5.66 Å². The number of hydrogen-bond acceptors (Lipinski definition) is 2. The molecule has 15 heavy (non-hydrogen) atoms. The largest absolute Gasteiger partial charge is 0.323 e. The number of rotatable bonds is 0. The molecule has 2 atom stereocenters. The number of allylic oxidation sites excluding steroid dienone is 2. The summed E-state index contributed by atoms with van der Waals surface area (Å²) in [5.41, 5.74) is 2.98. The van der Waals surface area contributed by atoms with Crippen LogP contribution in [-0.2, 0) is 4.57 Å². The van der Waals surface area contributed by atoms with Crippen molar-refractivity contribution in [3.8, 4) is 0 Å². The lowest BCUT2D eigenvalue weighted by atomic mass is 10.0. The summed E-state index contributed by atoms with van der Waals surface area (Å²) in [5, 5.41) is 0. The van der Waals surface area contributed by atoms with E-state index < -0.39 is 7.14 Å². The highest BCUT2D eigenvalue weighted by atomic mass is 32.2. The van der Waals surface area contributed by atoms with Crippen molar-refractivity contribution in [2.24, 2.45) is 0 Å². The van der Waals surface area contributed by atoms with Gasteiger partial charge in [-0.3, -0.25) is 0 Å². The van der Waals surface area contributed by atoms with Crippen LogP contribution in [0.4, 0.5) is 0 Å². The van der Waals surface area contributed by atoms with Crippen LogP contribution in [0.5, 0.6) is 0 Å². The fourth-order valence-corrected chi connectivity index (χ4v) is 6.54. The van der Waals surface area contributed by atoms with Crippen molar-refractivity contribution >= 4 is 24.5 Å². The van der Waals surface area contributed by atoms with Crippen LogP contribution >= 0.6 is 18.9 Å². The smallest absolute Gasteiger partial charge is 0.0963 e. The summed E-state index contributed by atoms with van der Waals surface area (Å²) in [7, 11) is -1.94. The predicted octanol–water partition coefficient (Wildman–Crippen LogP) is 3.55. The molecule has 0 aliphatic carbocycles. The van der Waals surface area contributed by atoms with Crippen LogP contribution in [0.15, 0.2) is 35.2 Å². The van der Waals surface area contributed by atoms with Crippen molar-refractivity contribution in [2.75, 3.05) is 18.6 Å². The first kappa shape index (κ1) is 9.74. The van der Waals surface area contributed by atoms with Gasteiger partial charge >= 0.3 is 0 Å². The summed E-state index contributed by atoms with van der Waals surface area (Å²) >= 11 is 1.85. The van der Waals surface area contributed by atoms with Crippen molar-refractivity contribution in [1.29, 1.82) is 0 Å². The summed E-state index contributed by atoms with van der Waals surface area (Å²) < 4.78 is 12.3. The van der Waals surface area contributed by atoms with E-state index in [0.717, 1.165) is 11.9 Å². The summed E-state index contributed by atoms with van der Waals surface area (Å²) in [4.78, 5) is 1.35. The molecule has 0 fully saturated rings. The third kappa shape index (κ3) is 1.43. The van der Waals surface area contributed by atoms with Crippen LogP contribution < -0.4 is 0 Å². The van der Waals surface area contributed by atoms with E-state index in [-0.39, 0.29) is 0 Å². The molecular weight excluding hydrogens is 223 g/mol. The monoisotopic (exact) mass is 236 g/mol. The van der Waals surface area contributed by atoms with E-state index in [1.807, 2.05) is 18.4 Å². The van der Waals surface area contributed by atoms with Crippen molar-refractivity contribution < 1.29 is 4.57 Å². The average molecular weight is 236 g/mol. The number of thioether (sulfide) groups is 1. The number of benzene rings is 1. The first-order valence-corrected chi connectivity index (χ1v) is 8.56.